The lowest BCUT2D eigenvalue weighted by atomic mass is 10.3. The van der Waals surface area contributed by atoms with Crippen molar-refractivity contribution in [2.45, 2.75) is 6.92 Å². The van der Waals surface area contributed by atoms with Gasteiger partial charge in [-0.25, -0.2) is 4.98 Å². The molecular formula is C12H17N5OS2. The molecule has 2 aromatic heterocycles. The molecule has 0 aliphatic carbocycles. The summed E-state index contributed by atoms with van der Waals surface area (Å²) in [5, 5.41) is 4.15. The Labute approximate surface area is 126 Å². The Morgan fingerprint density at radius 2 is 2.05 bits per heavy atom. The molecule has 108 valence electrons. The van der Waals surface area contributed by atoms with Crippen LogP contribution < -0.4 is 20.3 Å². The van der Waals surface area contributed by atoms with Crippen molar-refractivity contribution < 1.29 is 4.74 Å². The van der Waals surface area contributed by atoms with Gasteiger partial charge in [0.25, 0.3) is 0 Å². The Bertz CT molecular complexity index is 548. The van der Waals surface area contributed by atoms with E-state index in [2.05, 4.69) is 19.2 Å². The standard InChI is InChI=1S/C12H17N5OS2/c1-2-18-9-10(13)15-20-11(9)16-4-6-17(7-5-16)12-14-3-8-19-12/h3,8H,2,4-7H2,1H3,(H2,13,15). The van der Waals surface area contributed by atoms with Crippen LogP contribution in [0.5, 0.6) is 5.75 Å². The molecule has 20 heavy (non-hydrogen) atoms. The minimum Gasteiger partial charge on any atom is -0.487 e. The third kappa shape index (κ3) is 2.53. The lowest BCUT2D eigenvalue weighted by Gasteiger charge is -2.35. The monoisotopic (exact) mass is 311 g/mol. The molecule has 0 radical (unpaired) electrons. The number of rotatable bonds is 4. The van der Waals surface area contributed by atoms with E-state index in [0.717, 1.165) is 42.1 Å². The Hall–Kier alpha value is -1.54. The van der Waals surface area contributed by atoms with E-state index in [-0.39, 0.29) is 0 Å². The summed E-state index contributed by atoms with van der Waals surface area (Å²) >= 11 is 3.10. The summed E-state index contributed by atoms with van der Waals surface area (Å²) < 4.78 is 9.83. The van der Waals surface area contributed by atoms with Gasteiger partial charge in [0.1, 0.15) is 0 Å². The molecule has 0 unspecified atom stereocenters. The second-order valence-corrected chi connectivity index (χ2v) is 6.05. The van der Waals surface area contributed by atoms with E-state index in [4.69, 9.17) is 10.5 Å². The van der Waals surface area contributed by atoms with E-state index in [9.17, 15) is 0 Å². The topological polar surface area (TPSA) is 67.5 Å². The van der Waals surface area contributed by atoms with Gasteiger partial charge in [-0.15, -0.1) is 11.3 Å². The molecular weight excluding hydrogens is 294 g/mol. The summed E-state index contributed by atoms with van der Waals surface area (Å²) in [7, 11) is 0. The number of nitrogen functional groups attached to an aromatic ring is 1. The van der Waals surface area contributed by atoms with Crippen molar-refractivity contribution in [2.24, 2.45) is 0 Å². The molecule has 0 atom stereocenters. The van der Waals surface area contributed by atoms with Gasteiger partial charge >= 0.3 is 0 Å². The van der Waals surface area contributed by atoms with Crippen molar-refractivity contribution in [3.8, 4) is 5.75 Å². The first-order chi connectivity index (χ1) is 9.79. The van der Waals surface area contributed by atoms with Gasteiger partial charge in [-0.3, -0.25) is 0 Å². The number of hydrogen-bond acceptors (Lipinski definition) is 8. The van der Waals surface area contributed by atoms with E-state index in [1.165, 1.54) is 11.5 Å². The molecule has 0 bridgehead atoms. The van der Waals surface area contributed by atoms with E-state index in [1.807, 2.05) is 18.5 Å². The molecule has 3 rings (SSSR count). The molecule has 2 N–H and O–H groups in total. The van der Waals surface area contributed by atoms with Crippen LogP contribution in [0.25, 0.3) is 0 Å². The smallest absolute Gasteiger partial charge is 0.197 e. The lowest BCUT2D eigenvalue weighted by Crippen LogP contribution is -2.46. The van der Waals surface area contributed by atoms with Crippen LogP contribution in [0.1, 0.15) is 6.92 Å². The molecule has 3 heterocycles. The average molecular weight is 311 g/mol. The predicted molar refractivity (Wildman–Crippen MR) is 84.2 cm³/mol. The van der Waals surface area contributed by atoms with Crippen LogP contribution in [-0.4, -0.2) is 42.1 Å². The van der Waals surface area contributed by atoms with Crippen LogP contribution in [0.2, 0.25) is 0 Å². The maximum absolute atomic E-state index is 5.87. The number of thiazole rings is 1. The SMILES string of the molecule is CCOc1c(N)nsc1N1CCN(c2nccs2)CC1. The molecule has 1 aliphatic heterocycles. The highest BCUT2D eigenvalue weighted by molar-refractivity contribution is 7.13. The highest BCUT2D eigenvalue weighted by Gasteiger charge is 2.24. The third-order valence-corrected chi connectivity index (χ3v) is 4.94. The first-order valence-corrected chi connectivity index (χ1v) is 8.22. The minimum atomic E-state index is 0.495. The lowest BCUT2D eigenvalue weighted by molar-refractivity contribution is 0.342. The Morgan fingerprint density at radius 3 is 2.70 bits per heavy atom. The normalized spacial score (nSPS) is 15.7. The predicted octanol–water partition coefficient (Wildman–Crippen LogP) is 1.91. The van der Waals surface area contributed by atoms with Crippen LogP contribution in [0.3, 0.4) is 0 Å². The largest absolute Gasteiger partial charge is 0.487 e. The molecule has 0 saturated carbocycles. The summed E-state index contributed by atoms with van der Waals surface area (Å²) in [6.07, 6.45) is 1.85. The van der Waals surface area contributed by atoms with Crippen molar-refractivity contribution in [3.05, 3.63) is 11.6 Å². The summed E-state index contributed by atoms with van der Waals surface area (Å²) in [5.74, 6) is 1.23. The van der Waals surface area contributed by atoms with Crippen molar-refractivity contribution in [3.63, 3.8) is 0 Å². The van der Waals surface area contributed by atoms with Crippen molar-refractivity contribution in [2.75, 3.05) is 48.3 Å². The Kier molecular flexibility index (Phi) is 3.93. The molecule has 0 aromatic carbocycles. The van der Waals surface area contributed by atoms with Gasteiger partial charge < -0.3 is 20.3 Å². The van der Waals surface area contributed by atoms with Gasteiger partial charge in [0.15, 0.2) is 21.7 Å². The van der Waals surface area contributed by atoms with Gasteiger partial charge in [0, 0.05) is 37.8 Å². The maximum atomic E-state index is 5.87. The summed E-state index contributed by atoms with van der Waals surface area (Å²) in [6, 6.07) is 0. The quantitative estimate of drug-likeness (QED) is 0.930. The van der Waals surface area contributed by atoms with Crippen LogP contribution in [0.4, 0.5) is 16.0 Å². The second-order valence-electron chi connectivity index (χ2n) is 4.42. The third-order valence-electron chi connectivity index (χ3n) is 3.20. The zero-order chi connectivity index (χ0) is 13.9. The van der Waals surface area contributed by atoms with Gasteiger partial charge in [0.05, 0.1) is 6.61 Å². The number of piperazine rings is 1. The first-order valence-electron chi connectivity index (χ1n) is 6.57. The maximum Gasteiger partial charge on any atom is 0.197 e. The van der Waals surface area contributed by atoms with Crippen LogP contribution in [-0.2, 0) is 0 Å². The number of ether oxygens (including phenoxy) is 1. The fraction of sp³-hybridized carbons (Fsp3) is 0.500. The first kappa shape index (κ1) is 13.4. The van der Waals surface area contributed by atoms with Gasteiger partial charge in [-0.2, -0.15) is 4.37 Å². The highest BCUT2D eigenvalue weighted by Crippen LogP contribution is 2.38. The average Bonchev–Trinajstić information content (AvgIpc) is 3.11. The number of aromatic nitrogens is 2. The van der Waals surface area contributed by atoms with E-state index >= 15 is 0 Å². The van der Waals surface area contributed by atoms with E-state index in [1.54, 1.807) is 11.3 Å². The van der Waals surface area contributed by atoms with Crippen LogP contribution >= 0.6 is 22.9 Å². The van der Waals surface area contributed by atoms with Gasteiger partial charge in [-0.1, -0.05) is 0 Å². The minimum absolute atomic E-state index is 0.495. The zero-order valence-corrected chi connectivity index (χ0v) is 12.9. The Balaban J connectivity index is 1.69. The van der Waals surface area contributed by atoms with Crippen LogP contribution in [0, 0.1) is 0 Å². The number of anilines is 3. The number of hydrogen-bond donors (Lipinski definition) is 1. The van der Waals surface area contributed by atoms with E-state index < -0.39 is 0 Å². The fourth-order valence-corrected chi connectivity index (χ4v) is 3.75. The summed E-state index contributed by atoms with van der Waals surface area (Å²) in [5.41, 5.74) is 5.87. The molecule has 2 aromatic rings. The molecule has 1 fully saturated rings. The van der Waals surface area contributed by atoms with Crippen molar-refractivity contribution in [1.82, 2.24) is 9.36 Å². The molecule has 6 nitrogen and oxygen atoms in total. The van der Waals surface area contributed by atoms with Gasteiger partial charge in [-0.05, 0) is 18.5 Å². The highest BCUT2D eigenvalue weighted by atomic mass is 32.1. The molecule has 8 heteroatoms. The summed E-state index contributed by atoms with van der Waals surface area (Å²) in [4.78, 5) is 8.97. The molecule has 0 amide bonds. The van der Waals surface area contributed by atoms with Crippen molar-refractivity contribution >= 4 is 38.8 Å². The molecule has 1 aliphatic rings. The second kappa shape index (κ2) is 5.84. The Morgan fingerprint density at radius 1 is 1.30 bits per heavy atom. The number of nitrogens with zero attached hydrogens (tertiary/aromatic N) is 4. The number of nitrogens with two attached hydrogens (primary N) is 1. The molecule has 1 saturated heterocycles. The fourth-order valence-electron chi connectivity index (χ4n) is 2.24. The van der Waals surface area contributed by atoms with Gasteiger partial charge in [0.2, 0.25) is 0 Å². The van der Waals surface area contributed by atoms with Crippen molar-refractivity contribution in [1.29, 1.82) is 0 Å². The summed E-state index contributed by atoms with van der Waals surface area (Å²) in [6.45, 7) is 6.34. The van der Waals surface area contributed by atoms with Crippen LogP contribution in [0.15, 0.2) is 11.6 Å². The molecule has 0 spiro atoms. The van der Waals surface area contributed by atoms with E-state index in [0.29, 0.717) is 12.4 Å². The zero-order valence-electron chi connectivity index (χ0n) is 11.3.